The molecule has 2 aromatic rings. The molecule has 0 atom stereocenters. The van der Waals surface area contributed by atoms with Crippen molar-refractivity contribution in [2.45, 2.75) is 18.8 Å². The minimum Gasteiger partial charge on any atom is -0.317 e. The van der Waals surface area contributed by atoms with E-state index in [1.807, 2.05) is 16.9 Å². The van der Waals surface area contributed by atoms with Gasteiger partial charge < -0.3 is 5.32 Å². The molecule has 2 aromatic heterocycles. The first-order valence-corrected chi connectivity index (χ1v) is 5.44. The van der Waals surface area contributed by atoms with Gasteiger partial charge in [-0.25, -0.2) is 4.52 Å². The first kappa shape index (κ1) is 8.85. The van der Waals surface area contributed by atoms with Crippen LogP contribution in [0.2, 0.25) is 0 Å². The topological polar surface area (TPSA) is 42.2 Å². The molecule has 1 N–H and O–H groups in total. The van der Waals surface area contributed by atoms with Gasteiger partial charge >= 0.3 is 0 Å². The Balaban J connectivity index is 1.95. The highest BCUT2D eigenvalue weighted by Gasteiger charge is 2.15. The van der Waals surface area contributed by atoms with Crippen LogP contribution in [-0.2, 0) is 0 Å². The Morgan fingerprint density at radius 1 is 1.33 bits per heavy atom. The Kier molecular flexibility index (Phi) is 2.14. The number of rotatable bonds is 1. The second-order valence-electron chi connectivity index (χ2n) is 4.09. The molecule has 3 rings (SSSR count). The van der Waals surface area contributed by atoms with E-state index in [0.717, 1.165) is 18.6 Å². The van der Waals surface area contributed by atoms with Gasteiger partial charge in [-0.2, -0.15) is 0 Å². The van der Waals surface area contributed by atoms with Gasteiger partial charge in [0.15, 0.2) is 0 Å². The number of fused-ring (bicyclic) bond motifs is 1. The first-order valence-electron chi connectivity index (χ1n) is 5.44. The molecule has 0 unspecified atom stereocenters. The molecule has 0 aliphatic carbocycles. The zero-order valence-corrected chi connectivity index (χ0v) is 8.56. The van der Waals surface area contributed by atoms with Crippen molar-refractivity contribution in [3.05, 3.63) is 30.1 Å². The highest BCUT2D eigenvalue weighted by molar-refractivity contribution is 5.46. The number of pyridine rings is 1. The second kappa shape index (κ2) is 3.62. The Morgan fingerprint density at radius 3 is 3.07 bits per heavy atom. The molecule has 4 heteroatoms. The van der Waals surface area contributed by atoms with E-state index in [0.29, 0.717) is 5.92 Å². The maximum absolute atomic E-state index is 3.96. The molecule has 0 saturated carbocycles. The molecule has 78 valence electrons. The van der Waals surface area contributed by atoms with Crippen molar-refractivity contribution in [1.29, 1.82) is 0 Å². The molecule has 0 aromatic carbocycles. The lowest BCUT2D eigenvalue weighted by Crippen LogP contribution is -2.26. The Bertz CT molecular complexity index is 456. The fraction of sp³-hybridized carbons (Fsp3) is 0.455. The van der Waals surface area contributed by atoms with Crippen LogP contribution in [0.5, 0.6) is 0 Å². The third kappa shape index (κ3) is 1.61. The molecular weight excluding hydrogens is 188 g/mol. The molecule has 1 saturated heterocycles. The van der Waals surface area contributed by atoms with Gasteiger partial charge in [-0.15, -0.1) is 5.10 Å². The van der Waals surface area contributed by atoms with Gasteiger partial charge in [0.1, 0.15) is 0 Å². The Morgan fingerprint density at radius 2 is 2.20 bits per heavy atom. The predicted molar refractivity (Wildman–Crippen MR) is 57.8 cm³/mol. The van der Waals surface area contributed by atoms with E-state index in [1.54, 1.807) is 0 Å². The molecule has 0 spiro atoms. The van der Waals surface area contributed by atoms with E-state index >= 15 is 0 Å². The van der Waals surface area contributed by atoms with Crippen molar-refractivity contribution < 1.29 is 0 Å². The summed E-state index contributed by atoms with van der Waals surface area (Å²) in [6.45, 7) is 2.26. The molecule has 0 radical (unpaired) electrons. The van der Waals surface area contributed by atoms with Crippen LogP contribution in [0.3, 0.4) is 0 Å². The van der Waals surface area contributed by atoms with E-state index in [1.165, 1.54) is 18.4 Å². The van der Waals surface area contributed by atoms with Crippen LogP contribution < -0.4 is 5.32 Å². The highest BCUT2D eigenvalue weighted by atomic mass is 15.4. The zero-order chi connectivity index (χ0) is 10.1. The molecule has 1 fully saturated rings. The number of piperidine rings is 1. The summed E-state index contributed by atoms with van der Waals surface area (Å²) in [5.74, 6) is 0.700. The van der Waals surface area contributed by atoms with Crippen molar-refractivity contribution in [1.82, 2.24) is 20.1 Å². The zero-order valence-electron chi connectivity index (χ0n) is 8.56. The van der Waals surface area contributed by atoms with Crippen LogP contribution in [0.1, 0.15) is 24.3 Å². The van der Waals surface area contributed by atoms with Crippen LogP contribution in [0.25, 0.3) is 5.52 Å². The largest absolute Gasteiger partial charge is 0.317 e. The van der Waals surface area contributed by atoms with E-state index in [-0.39, 0.29) is 0 Å². The number of hydrogen-bond acceptors (Lipinski definition) is 3. The fourth-order valence-electron chi connectivity index (χ4n) is 2.26. The highest BCUT2D eigenvalue weighted by Crippen LogP contribution is 2.25. The minimum absolute atomic E-state index is 0.700. The molecule has 3 heterocycles. The van der Waals surface area contributed by atoms with E-state index in [4.69, 9.17) is 0 Å². The van der Waals surface area contributed by atoms with Crippen LogP contribution in [0.15, 0.2) is 24.5 Å². The molecule has 15 heavy (non-hydrogen) atoms. The van der Waals surface area contributed by atoms with Crippen molar-refractivity contribution in [3.8, 4) is 0 Å². The summed E-state index contributed by atoms with van der Waals surface area (Å²) in [6, 6.07) is 4.37. The maximum atomic E-state index is 3.96. The van der Waals surface area contributed by atoms with Gasteiger partial charge in [0, 0.05) is 6.20 Å². The summed E-state index contributed by atoms with van der Waals surface area (Å²) in [5, 5.41) is 11.2. The van der Waals surface area contributed by atoms with Gasteiger partial charge in [-0.05, 0) is 49.5 Å². The van der Waals surface area contributed by atoms with Crippen molar-refractivity contribution in [3.63, 3.8) is 0 Å². The smallest absolute Gasteiger partial charge is 0.0867 e. The average Bonchev–Trinajstić information content (AvgIpc) is 2.77. The van der Waals surface area contributed by atoms with Crippen molar-refractivity contribution in [2.24, 2.45) is 0 Å². The van der Waals surface area contributed by atoms with Gasteiger partial charge in [-0.1, -0.05) is 5.21 Å². The fourth-order valence-corrected chi connectivity index (χ4v) is 2.26. The Hall–Kier alpha value is -1.42. The van der Waals surface area contributed by atoms with Gasteiger partial charge in [0.05, 0.1) is 11.7 Å². The third-order valence-corrected chi connectivity index (χ3v) is 3.14. The van der Waals surface area contributed by atoms with Gasteiger partial charge in [-0.3, -0.25) is 0 Å². The predicted octanol–water partition coefficient (Wildman–Crippen LogP) is 1.20. The summed E-state index contributed by atoms with van der Waals surface area (Å²) in [4.78, 5) is 0. The summed E-state index contributed by atoms with van der Waals surface area (Å²) in [6.07, 6.45) is 6.28. The molecule has 0 bridgehead atoms. The third-order valence-electron chi connectivity index (χ3n) is 3.14. The second-order valence-corrected chi connectivity index (χ2v) is 4.09. The standard InChI is InChI=1S/C11H14N4/c1-4-12-5-2-9(1)10-3-6-15-11(7-10)8-13-14-15/h3,6-9,12H,1-2,4-5H2. The lowest BCUT2D eigenvalue weighted by molar-refractivity contribution is 0.460. The van der Waals surface area contributed by atoms with Crippen LogP contribution >= 0.6 is 0 Å². The number of nitrogens with one attached hydrogen (secondary N) is 1. The van der Waals surface area contributed by atoms with Crippen LogP contribution in [-0.4, -0.2) is 27.9 Å². The Labute approximate surface area is 88.3 Å². The molecule has 0 amide bonds. The number of nitrogens with zero attached hydrogens (tertiary/aromatic N) is 3. The monoisotopic (exact) mass is 202 g/mol. The molecule has 1 aliphatic rings. The maximum Gasteiger partial charge on any atom is 0.0867 e. The summed E-state index contributed by atoms with van der Waals surface area (Å²) < 4.78 is 1.81. The molecule has 4 nitrogen and oxygen atoms in total. The van der Waals surface area contributed by atoms with Gasteiger partial charge in [0.25, 0.3) is 0 Å². The summed E-state index contributed by atoms with van der Waals surface area (Å²) >= 11 is 0. The summed E-state index contributed by atoms with van der Waals surface area (Å²) in [7, 11) is 0. The lowest BCUT2D eigenvalue weighted by Gasteiger charge is -2.22. The lowest BCUT2D eigenvalue weighted by atomic mass is 9.91. The van der Waals surface area contributed by atoms with Crippen LogP contribution in [0.4, 0.5) is 0 Å². The molecular formula is C11H14N4. The van der Waals surface area contributed by atoms with E-state index in [9.17, 15) is 0 Å². The van der Waals surface area contributed by atoms with Gasteiger partial charge in [0.2, 0.25) is 0 Å². The number of hydrogen-bond donors (Lipinski definition) is 1. The van der Waals surface area contributed by atoms with Crippen LogP contribution in [0, 0.1) is 0 Å². The van der Waals surface area contributed by atoms with E-state index < -0.39 is 0 Å². The number of aromatic nitrogens is 3. The SMILES string of the molecule is c1cn2nncc2cc1C1CCNCC1. The van der Waals surface area contributed by atoms with E-state index in [2.05, 4.69) is 27.8 Å². The minimum atomic E-state index is 0.700. The average molecular weight is 202 g/mol. The normalized spacial score (nSPS) is 18.4. The van der Waals surface area contributed by atoms with Crippen molar-refractivity contribution >= 4 is 5.52 Å². The quantitative estimate of drug-likeness (QED) is 0.755. The molecule has 1 aliphatic heterocycles. The van der Waals surface area contributed by atoms with Crippen molar-refractivity contribution in [2.75, 3.05) is 13.1 Å². The summed E-state index contributed by atoms with van der Waals surface area (Å²) in [5.41, 5.74) is 2.51. The first-order chi connectivity index (χ1) is 7.43.